The van der Waals surface area contributed by atoms with Crippen molar-refractivity contribution in [3.63, 3.8) is 0 Å². The monoisotopic (exact) mass is 557 g/mol. The molecular weight excluding hydrogens is 522 g/mol. The molecule has 0 atom stereocenters. The third-order valence-electron chi connectivity index (χ3n) is 6.99. The van der Waals surface area contributed by atoms with Gasteiger partial charge < -0.3 is 34.3 Å². The quantitative estimate of drug-likeness (QED) is 0.355. The van der Waals surface area contributed by atoms with Gasteiger partial charge in [0, 0.05) is 63.5 Å². The Morgan fingerprint density at radius 3 is 2.51 bits per heavy atom. The zero-order chi connectivity index (χ0) is 28.1. The van der Waals surface area contributed by atoms with Gasteiger partial charge in [0.1, 0.15) is 5.82 Å². The van der Waals surface area contributed by atoms with E-state index >= 15 is 0 Å². The molecule has 1 saturated heterocycles. The van der Waals surface area contributed by atoms with E-state index in [1.807, 2.05) is 38.1 Å². The molecule has 210 valence electrons. The van der Waals surface area contributed by atoms with Gasteiger partial charge in [0.25, 0.3) is 11.5 Å². The van der Waals surface area contributed by atoms with Crippen molar-refractivity contribution in [2.45, 2.75) is 39.0 Å². The van der Waals surface area contributed by atoms with Crippen LogP contribution in [0.4, 0.5) is 17.2 Å². The van der Waals surface area contributed by atoms with Gasteiger partial charge in [0.15, 0.2) is 18.6 Å². The number of piperidine rings is 1. The molecular formula is C28H36ClN5O5. The maximum atomic E-state index is 13.1. The average Bonchev–Trinajstić information content (AvgIpc) is 2.93. The molecule has 39 heavy (non-hydrogen) atoms. The molecule has 1 aliphatic heterocycles. The van der Waals surface area contributed by atoms with E-state index in [2.05, 4.69) is 20.5 Å². The minimum atomic E-state index is -0.314. The largest absolute Gasteiger partial charge is 0.478 e. The molecule has 1 aliphatic rings. The Balaban J connectivity index is 1.58. The van der Waals surface area contributed by atoms with Crippen molar-refractivity contribution in [2.75, 3.05) is 51.2 Å². The van der Waals surface area contributed by atoms with Crippen LogP contribution in [-0.2, 0) is 14.3 Å². The highest BCUT2D eigenvalue weighted by Gasteiger charge is 2.27. The number of benzene rings is 1. The zero-order valence-corrected chi connectivity index (χ0v) is 23.7. The summed E-state index contributed by atoms with van der Waals surface area (Å²) in [5.74, 6) is 0.984. The molecule has 0 aliphatic carbocycles. The highest BCUT2D eigenvalue weighted by Crippen LogP contribution is 2.32. The van der Waals surface area contributed by atoms with E-state index in [0.29, 0.717) is 10.9 Å². The third kappa shape index (κ3) is 6.46. The first-order chi connectivity index (χ1) is 18.7. The summed E-state index contributed by atoms with van der Waals surface area (Å²) in [4.78, 5) is 31.6. The van der Waals surface area contributed by atoms with E-state index in [4.69, 9.17) is 25.8 Å². The van der Waals surface area contributed by atoms with Crippen molar-refractivity contribution in [1.29, 1.82) is 0 Å². The number of fused-ring (bicyclic) bond motifs is 1. The number of carbonyl (C=O) groups excluding carboxylic acids is 1. The number of halogens is 1. The molecule has 0 bridgehead atoms. The molecule has 4 rings (SSSR count). The lowest BCUT2D eigenvalue weighted by Crippen LogP contribution is -2.39. The van der Waals surface area contributed by atoms with Gasteiger partial charge in [-0.2, -0.15) is 0 Å². The molecule has 0 saturated carbocycles. The van der Waals surface area contributed by atoms with Gasteiger partial charge in [-0.05, 0) is 51.0 Å². The van der Waals surface area contributed by atoms with E-state index in [1.54, 1.807) is 31.0 Å². The number of likely N-dealkylation sites (N-methyl/N-ethyl adjacent to an activating group) is 1. The van der Waals surface area contributed by atoms with Gasteiger partial charge in [0.2, 0.25) is 0 Å². The van der Waals surface area contributed by atoms with E-state index in [-0.39, 0.29) is 36.2 Å². The topological polar surface area (TPSA) is 107 Å². The molecule has 2 N–H and O–H groups in total. The van der Waals surface area contributed by atoms with Crippen LogP contribution in [-0.4, -0.2) is 62.7 Å². The van der Waals surface area contributed by atoms with Gasteiger partial charge in [-0.25, -0.2) is 4.98 Å². The zero-order valence-electron chi connectivity index (χ0n) is 23.0. The second-order valence-electron chi connectivity index (χ2n) is 9.82. The molecule has 0 radical (unpaired) electrons. The van der Waals surface area contributed by atoms with Crippen LogP contribution >= 0.6 is 11.6 Å². The van der Waals surface area contributed by atoms with Crippen LogP contribution in [0.2, 0.25) is 5.02 Å². The number of rotatable bonds is 10. The van der Waals surface area contributed by atoms with E-state index in [1.165, 1.54) is 7.05 Å². The van der Waals surface area contributed by atoms with Gasteiger partial charge >= 0.3 is 0 Å². The lowest BCUT2D eigenvalue weighted by molar-refractivity contribution is -0.141. The molecule has 3 heterocycles. The third-order valence-corrected chi connectivity index (χ3v) is 7.29. The van der Waals surface area contributed by atoms with Gasteiger partial charge in [-0.15, -0.1) is 0 Å². The Bertz CT molecular complexity index is 1370. The van der Waals surface area contributed by atoms with E-state index in [0.717, 1.165) is 54.0 Å². The molecule has 0 spiro atoms. The summed E-state index contributed by atoms with van der Waals surface area (Å²) in [5, 5.41) is 7.18. The van der Waals surface area contributed by atoms with Crippen molar-refractivity contribution in [1.82, 2.24) is 14.9 Å². The van der Waals surface area contributed by atoms with Crippen LogP contribution in [0, 0.1) is 5.92 Å². The molecule has 11 heteroatoms. The fourth-order valence-corrected chi connectivity index (χ4v) is 5.11. The van der Waals surface area contributed by atoms with E-state index < -0.39 is 0 Å². The molecule has 1 fully saturated rings. The van der Waals surface area contributed by atoms with Crippen LogP contribution in [0.3, 0.4) is 0 Å². The summed E-state index contributed by atoms with van der Waals surface area (Å²) >= 11 is 6.52. The number of amides is 1. The highest BCUT2D eigenvalue weighted by atomic mass is 35.5. The standard InChI is InChI=1S/C28H36ClN5O5/c1-17(2)34-23-7-6-20(12-19(23)13-24(27(34)36)39-16-26(35)30-3)32-22-14-25(31-15-21(22)29)33-10-8-18(9-11-33)28(37-4)38-5/h6-7,12-15,17-18,28H,8-11,16H2,1-5H3,(H,30,35)(H,31,32). The smallest absolute Gasteiger partial charge is 0.293 e. The number of carbonyl (C=O) groups is 1. The van der Waals surface area contributed by atoms with Crippen LogP contribution in [0.5, 0.6) is 5.75 Å². The summed E-state index contributed by atoms with van der Waals surface area (Å²) in [6, 6.07) is 9.24. The molecule has 1 amide bonds. The maximum Gasteiger partial charge on any atom is 0.293 e. The normalized spacial score (nSPS) is 14.3. The first kappa shape index (κ1) is 28.7. The number of ether oxygens (including phenoxy) is 3. The second-order valence-corrected chi connectivity index (χ2v) is 10.2. The Morgan fingerprint density at radius 2 is 1.87 bits per heavy atom. The van der Waals surface area contributed by atoms with Crippen molar-refractivity contribution in [2.24, 2.45) is 5.92 Å². The predicted octanol–water partition coefficient (Wildman–Crippen LogP) is 4.33. The Hall–Kier alpha value is -3.34. The summed E-state index contributed by atoms with van der Waals surface area (Å²) in [6.07, 6.45) is 3.33. The Labute approximate surface area is 233 Å². The maximum absolute atomic E-state index is 13.1. The fourth-order valence-electron chi connectivity index (χ4n) is 4.96. The number of hydrogen-bond donors (Lipinski definition) is 2. The molecule has 1 aromatic carbocycles. The SMILES string of the molecule is CNC(=O)COc1cc2cc(Nc3cc(N4CCC(C(OC)OC)CC4)ncc3Cl)ccc2n(C(C)C)c1=O. The van der Waals surface area contributed by atoms with E-state index in [9.17, 15) is 9.59 Å². The van der Waals surface area contributed by atoms with Gasteiger partial charge in [-0.3, -0.25) is 9.59 Å². The lowest BCUT2D eigenvalue weighted by Gasteiger charge is -2.35. The first-order valence-corrected chi connectivity index (χ1v) is 13.4. The van der Waals surface area contributed by atoms with Crippen molar-refractivity contribution < 1.29 is 19.0 Å². The average molecular weight is 558 g/mol. The lowest BCUT2D eigenvalue weighted by atomic mass is 9.96. The minimum Gasteiger partial charge on any atom is -0.478 e. The number of nitrogens with one attached hydrogen (secondary N) is 2. The number of nitrogens with zero attached hydrogens (tertiary/aromatic N) is 3. The number of pyridine rings is 2. The second kappa shape index (κ2) is 12.7. The van der Waals surface area contributed by atoms with Gasteiger partial charge in [0.05, 0.1) is 22.4 Å². The Morgan fingerprint density at radius 1 is 1.15 bits per heavy atom. The number of hydrogen-bond acceptors (Lipinski definition) is 8. The van der Waals surface area contributed by atoms with Crippen LogP contribution < -0.4 is 25.8 Å². The highest BCUT2D eigenvalue weighted by molar-refractivity contribution is 6.33. The Kier molecular flexibility index (Phi) is 9.32. The number of methoxy groups -OCH3 is 2. The summed E-state index contributed by atoms with van der Waals surface area (Å²) in [6.45, 7) is 5.30. The molecule has 0 unspecified atom stereocenters. The first-order valence-electron chi connectivity index (χ1n) is 13.0. The van der Waals surface area contributed by atoms with Gasteiger partial charge in [-0.1, -0.05) is 11.6 Å². The number of aromatic nitrogens is 2. The molecule has 10 nitrogen and oxygen atoms in total. The van der Waals surface area contributed by atoms with Crippen molar-refractivity contribution in [3.05, 3.63) is 51.9 Å². The summed E-state index contributed by atoms with van der Waals surface area (Å²) in [5.41, 5.74) is 2.00. The molecule has 3 aromatic rings. The summed E-state index contributed by atoms with van der Waals surface area (Å²) in [7, 11) is 4.87. The van der Waals surface area contributed by atoms with Crippen molar-refractivity contribution in [3.8, 4) is 5.75 Å². The van der Waals surface area contributed by atoms with Crippen LogP contribution in [0.1, 0.15) is 32.7 Å². The fraction of sp³-hybridized carbons (Fsp3) is 0.464. The van der Waals surface area contributed by atoms with Crippen LogP contribution in [0.25, 0.3) is 10.9 Å². The summed E-state index contributed by atoms with van der Waals surface area (Å²) < 4.78 is 18.1. The number of anilines is 3. The molecule has 2 aromatic heterocycles. The van der Waals surface area contributed by atoms with Crippen molar-refractivity contribution >= 4 is 45.6 Å². The van der Waals surface area contributed by atoms with Crippen LogP contribution in [0.15, 0.2) is 41.3 Å². The predicted molar refractivity (Wildman–Crippen MR) is 153 cm³/mol. The minimum absolute atomic E-state index is 0.105.